The summed E-state index contributed by atoms with van der Waals surface area (Å²) in [5.74, 6) is 0.153. The van der Waals surface area contributed by atoms with Crippen molar-refractivity contribution >= 4 is 23.0 Å². The van der Waals surface area contributed by atoms with Gasteiger partial charge in [0.1, 0.15) is 0 Å². The first-order valence-electron chi connectivity index (χ1n) is 10.3. The van der Waals surface area contributed by atoms with Gasteiger partial charge in [-0.3, -0.25) is 4.79 Å². The number of rotatable bonds is 9. The van der Waals surface area contributed by atoms with Crippen molar-refractivity contribution in [3.8, 4) is 0 Å². The molecule has 0 aromatic heterocycles. The van der Waals surface area contributed by atoms with Crippen LogP contribution < -0.4 is 15.1 Å². The molecule has 0 aliphatic rings. The molecular weight excluding hydrogens is 346 g/mol. The van der Waals surface area contributed by atoms with Gasteiger partial charge in [0, 0.05) is 42.6 Å². The van der Waals surface area contributed by atoms with E-state index in [1.807, 2.05) is 50.1 Å². The average molecular weight is 382 g/mol. The SMILES string of the molecule is CCN(CC)c1ccc(CN(C(=O)C(C)(C)CC)c2ccc(NC)cc2)cc1. The summed E-state index contributed by atoms with van der Waals surface area (Å²) in [4.78, 5) is 17.6. The molecule has 0 saturated heterocycles. The van der Waals surface area contributed by atoms with Crippen LogP contribution in [0, 0.1) is 5.41 Å². The molecule has 0 atom stereocenters. The minimum atomic E-state index is -0.400. The quantitative estimate of drug-likeness (QED) is 0.619. The second kappa shape index (κ2) is 9.63. The molecule has 152 valence electrons. The van der Waals surface area contributed by atoms with Crippen molar-refractivity contribution < 1.29 is 4.79 Å². The van der Waals surface area contributed by atoms with Crippen LogP contribution in [-0.2, 0) is 11.3 Å². The fourth-order valence-electron chi connectivity index (χ4n) is 3.19. The lowest BCUT2D eigenvalue weighted by Crippen LogP contribution is -2.40. The van der Waals surface area contributed by atoms with E-state index >= 15 is 0 Å². The molecule has 0 aliphatic carbocycles. The van der Waals surface area contributed by atoms with Crippen molar-refractivity contribution in [1.82, 2.24) is 0 Å². The van der Waals surface area contributed by atoms with Gasteiger partial charge < -0.3 is 15.1 Å². The number of hydrogen-bond donors (Lipinski definition) is 1. The molecule has 0 saturated carbocycles. The number of amides is 1. The molecule has 2 aromatic rings. The van der Waals surface area contributed by atoms with Crippen LogP contribution in [0.15, 0.2) is 48.5 Å². The zero-order valence-corrected chi connectivity index (χ0v) is 18.2. The number of carbonyl (C=O) groups excluding carboxylic acids is 1. The van der Waals surface area contributed by atoms with Crippen molar-refractivity contribution in [2.75, 3.05) is 35.3 Å². The van der Waals surface area contributed by atoms with Crippen LogP contribution in [0.1, 0.15) is 46.6 Å². The number of hydrogen-bond acceptors (Lipinski definition) is 3. The lowest BCUT2D eigenvalue weighted by molar-refractivity contribution is -0.126. The summed E-state index contributed by atoms with van der Waals surface area (Å²) in [5, 5.41) is 3.13. The molecule has 2 aromatic carbocycles. The van der Waals surface area contributed by atoms with E-state index in [0.717, 1.165) is 36.4 Å². The summed E-state index contributed by atoms with van der Waals surface area (Å²) >= 11 is 0. The standard InChI is InChI=1S/C24H35N3O/c1-7-24(4,5)23(28)27(22-16-12-20(25-6)13-17-22)18-19-10-14-21(15-11-19)26(8-2)9-3/h10-17,25H,7-9,18H2,1-6H3. The van der Waals surface area contributed by atoms with E-state index < -0.39 is 5.41 Å². The lowest BCUT2D eigenvalue weighted by Gasteiger charge is -2.32. The van der Waals surface area contributed by atoms with Crippen molar-refractivity contribution in [2.45, 2.75) is 47.6 Å². The number of nitrogens with zero attached hydrogens (tertiary/aromatic N) is 2. The molecule has 1 amide bonds. The maximum atomic E-state index is 13.3. The molecule has 0 aliphatic heterocycles. The molecule has 0 heterocycles. The maximum Gasteiger partial charge on any atom is 0.232 e. The molecule has 4 heteroatoms. The van der Waals surface area contributed by atoms with Crippen molar-refractivity contribution in [3.63, 3.8) is 0 Å². The normalized spacial score (nSPS) is 11.2. The van der Waals surface area contributed by atoms with Crippen LogP contribution in [0.25, 0.3) is 0 Å². The summed E-state index contributed by atoms with van der Waals surface area (Å²) in [6.07, 6.45) is 0.803. The molecule has 28 heavy (non-hydrogen) atoms. The highest BCUT2D eigenvalue weighted by atomic mass is 16.2. The third-order valence-electron chi connectivity index (χ3n) is 5.58. The van der Waals surface area contributed by atoms with E-state index in [1.54, 1.807) is 0 Å². The Balaban J connectivity index is 2.32. The second-order valence-electron chi connectivity index (χ2n) is 7.76. The van der Waals surface area contributed by atoms with Gasteiger partial charge in [0.15, 0.2) is 0 Å². The van der Waals surface area contributed by atoms with Gasteiger partial charge in [0.05, 0.1) is 6.54 Å². The number of carbonyl (C=O) groups is 1. The highest BCUT2D eigenvalue weighted by Crippen LogP contribution is 2.29. The molecule has 4 nitrogen and oxygen atoms in total. The van der Waals surface area contributed by atoms with Crippen molar-refractivity contribution in [2.24, 2.45) is 5.41 Å². The predicted molar refractivity (Wildman–Crippen MR) is 121 cm³/mol. The highest BCUT2D eigenvalue weighted by Gasteiger charge is 2.31. The summed E-state index contributed by atoms with van der Waals surface area (Å²) in [5.41, 5.74) is 3.92. The predicted octanol–water partition coefficient (Wildman–Crippen LogP) is 5.54. The first kappa shape index (κ1) is 21.8. The minimum absolute atomic E-state index is 0.153. The number of anilines is 3. The fourth-order valence-corrected chi connectivity index (χ4v) is 3.19. The summed E-state index contributed by atoms with van der Waals surface area (Å²) in [7, 11) is 1.90. The smallest absolute Gasteiger partial charge is 0.232 e. The van der Waals surface area contributed by atoms with Gasteiger partial charge in [-0.05, 0) is 62.2 Å². The fraction of sp³-hybridized carbons (Fsp3) is 0.458. The van der Waals surface area contributed by atoms with E-state index in [4.69, 9.17) is 0 Å². The molecule has 2 rings (SSSR count). The van der Waals surface area contributed by atoms with Crippen LogP contribution in [0.2, 0.25) is 0 Å². The van der Waals surface area contributed by atoms with E-state index in [0.29, 0.717) is 6.54 Å². The van der Waals surface area contributed by atoms with Gasteiger partial charge in [-0.2, -0.15) is 0 Å². The largest absolute Gasteiger partial charge is 0.388 e. The summed E-state index contributed by atoms with van der Waals surface area (Å²) in [6.45, 7) is 13.0. The first-order chi connectivity index (χ1) is 13.4. The van der Waals surface area contributed by atoms with Gasteiger partial charge in [0.25, 0.3) is 0 Å². The molecule has 0 radical (unpaired) electrons. The van der Waals surface area contributed by atoms with Crippen LogP contribution in [0.5, 0.6) is 0 Å². The molecule has 0 bridgehead atoms. The second-order valence-corrected chi connectivity index (χ2v) is 7.76. The Hall–Kier alpha value is -2.49. The monoisotopic (exact) mass is 381 g/mol. The van der Waals surface area contributed by atoms with Gasteiger partial charge in [-0.25, -0.2) is 0 Å². The zero-order valence-electron chi connectivity index (χ0n) is 18.2. The Morgan fingerprint density at radius 3 is 1.89 bits per heavy atom. The van der Waals surface area contributed by atoms with Gasteiger partial charge in [-0.15, -0.1) is 0 Å². The van der Waals surface area contributed by atoms with E-state index in [1.165, 1.54) is 5.69 Å². The third kappa shape index (κ3) is 5.06. The summed E-state index contributed by atoms with van der Waals surface area (Å²) in [6, 6.07) is 16.6. The van der Waals surface area contributed by atoms with Gasteiger partial charge in [-0.1, -0.05) is 32.9 Å². The lowest BCUT2D eigenvalue weighted by atomic mass is 9.88. The van der Waals surface area contributed by atoms with Crippen LogP contribution in [0.4, 0.5) is 17.1 Å². The Bertz CT molecular complexity index is 746. The summed E-state index contributed by atoms with van der Waals surface area (Å²) < 4.78 is 0. The van der Waals surface area contributed by atoms with E-state index in [9.17, 15) is 4.79 Å². The highest BCUT2D eigenvalue weighted by molar-refractivity contribution is 5.97. The Morgan fingerprint density at radius 2 is 1.43 bits per heavy atom. The van der Waals surface area contributed by atoms with Crippen molar-refractivity contribution in [3.05, 3.63) is 54.1 Å². The topological polar surface area (TPSA) is 35.6 Å². The van der Waals surface area contributed by atoms with E-state index in [-0.39, 0.29) is 5.91 Å². The molecule has 1 N–H and O–H groups in total. The van der Waals surface area contributed by atoms with Gasteiger partial charge in [0.2, 0.25) is 5.91 Å². The Kier molecular flexibility index (Phi) is 7.50. The van der Waals surface area contributed by atoms with Crippen LogP contribution in [0.3, 0.4) is 0 Å². The zero-order chi connectivity index (χ0) is 20.7. The number of benzene rings is 2. The third-order valence-corrected chi connectivity index (χ3v) is 5.58. The maximum absolute atomic E-state index is 13.3. The minimum Gasteiger partial charge on any atom is -0.388 e. The Labute approximate surface area is 170 Å². The van der Waals surface area contributed by atoms with Crippen LogP contribution >= 0.6 is 0 Å². The molecular formula is C24H35N3O. The molecule has 0 fully saturated rings. The number of nitrogens with one attached hydrogen (secondary N) is 1. The molecule has 0 unspecified atom stereocenters. The van der Waals surface area contributed by atoms with Crippen molar-refractivity contribution in [1.29, 1.82) is 0 Å². The van der Waals surface area contributed by atoms with E-state index in [2.05, 4.69) is 55.3 Å². The average Bonchev–Trinajstić information content (AvgIpc) is 2.73. The van der Waals surface area contributed by atoms with Gasteiger partial charge >= 0.3 is 0 Å². The first-order valence-corrected chi connectivity index (χ1v) is 10.3. The van der Waals surface area contributed by atoms with Crippen LogP contribution in [-0.4, -0.2) is 26.0 Å². The molecule has 0 spiro atoms. The Morgan fingerprint density at radius 1 is 0.893 bits per heavy atom.